The highest BCUT2D eigenvalue weighted by Gasteiger charge is 2.42. The minimum absolute atomic E-state index is 0.948. The van der Waals surface area contributed by atoms with E-state index in [2.05, 4.69) is 41.9 Å². The summed E-state index contributed by atoms with van der Waals surface area (Å²) in [5, 5.41) is 4.18. The number of hydrogen-bond acceptors (Lipinski definition) is 3. The molecule has 0 spiro atoms. The molecule has 0 saturated heterocycles. The van der Waals surface area contributed by atoms with Gasteiger partial charge in [0.1, 0.15) is 0 Å². The first kappa shape index (κ1) is 19.1. The van der Waals surface area contributed by atoms with Gasteiger partial charge >= 0.3 is 0 Å². The highest BCUT2D eigenvalue weighted by molar-refractivity contribution is 7.91. The maximum Gasteiger partial charge on any atom is 0.227 e. The molecule has 23 heavy (non-hydrogen) atoms. The molecule has 0 aliphatic carbocycles. The Balaban J connectivity index is 1.73. The fraction of sp³-hybridized carbons (Fsp3) is 0.579. The molecule has 0 aliphatic heterocycles. The first-order chi connectivity index (χ1) is 11.3. The largest absolute Gasteiger partial charge is 0.239 e. The second kappa shape index (κ2) is 10.6. The second-order valence-corrected chi connectivity index (χ2v) is 11.7. The minimum Gasteiger partial charge on any atom is -0.239 e. The molecule has 2 aromatic heterocycles. The molecule has 0 saturated carbocycles. The average molecular weight is 370 g/mol. The van der Waals surface area contributed by atoms with Gasteiger partial charge in [-0.1, -0.05) is 51.9 Å². The van der Waals surface area contributed by atoms with Gasteiger partial charge in [0.05, 0.1) is 6.16 Å². The highest BCUT2D eigenvalue weighted by Crippen LogP contribution is 2.55. The molecule has 1 nitrogen and oxygen atoms in total. The number of rotatable bonds is 12. The van der Waals surface area contributed by atoms with Gasteiger partial charge in [-0.05, 0) is 47.9 Å². The van der Waals surface area contributed by atoms with Gasteiger partial charge in [0.15, 0.2) is 9.24 Å². The number of hydrogen-bond donors (Lipinski definition) is 1. The average Bonchev–Trinajstić information content (AvgIpc) is 3.26. The van der Waals surface area contributed by atoms with Crippen LogP contribution in [0.25, 0.3) is 0 Å². The molecule has 0 fully saturated rings. The predicted octanol–water partition coefficient (Wildman–Crippen LogP) is 6.22. The zero-order chi connectivity index (χ0) is 16.4. The Hall–Kier alpha value is -0.210. The van der Waals surface area contributed by atoms with Gasteiger partial charge in [0.2, 0.25) is 7.49 Å². The molecule has 4 heteroatoms. The number of unbranched alkanes of at least 4 members (excludes halogenated alkanes) is 8. The molecule has 0 unspecified atom stereocenters. The summed E-state index contributed by atoms with van der Waals surface area (Å²) in [5.41, 5.74) is 0. The summed E-state index contributed by atoms with van der Waals surface area (Å²) in [6, 6.07) is 8.36. The first-order valence-electron chi connectivity index (χ1n) is 8.96. The SMILES string of the molecule is CCCCCCCCCCC[P+](O)(c1cccs1)c1cccs1. The molecule has 2 aromatic rings. The van der Waals surface area contributed by atoms with Crippen molar-refractivity contribution >= 4 is 39.4 Å². The van der Waals surface area contributed by atoms with Crippen LogP contribution in [0.2, 0.25) is 0 Å². The van der Waals surface area contributed by atoms with Gasteiger partial charge in [-0.25, -0.2) is 4.89 Å². The van der Waals surface area contributed by atoms with E-state index < -0.39 is 7.49 Å². The lowest BCUT2D eigenvalue weighted by Gasteiger charge is -2.16. The third-order valence-corrected chi connectivity index (χ3v) is 10.8. The molecular weight excluding hydrogens is 339 g/mol. The smallest absolute Gasteiger partial charge is 0.227 e. The molecule has 0 amide bonds. The molecule has 0 aromatic carbocycles. The van der Waals surface area contributed by atoms with Crippen molar-refractivity contribution in [2.75, 3.05) is 6.16 Å². The second-order valence-electron chi connectivity index (χ2n) is 6.22. The fourth-order valence-corrected chi connectivity index (χ4v) is 8.92. The summed E-state index contributed by atoms with van der Waals surface area (Å²) in [4.78, 5) is 11.4. The van der Waals surface area contributed by atoms with Crippen molar-refractivity contribution in [1.29, 1.82) is 0 Å². The van der Waals surface area contributed by atoms with Gasteiger partial charge in [-0.3, -0.25) is 0 Å². The van der Waals surface area contributed by atoms with Gasteiger partial charge < -0.3 is 0 Å². The van der Waals surface area contributed by atoms with Crippen LogP contribution in [0, 0.1) is 0 Å². The zero-order valence-corrected chi connectivity index (χ0v) is 16.8. The first-order valence-corrected chi connectivity index (χ1v) is 12.6. The minimum atomic E-state index is -2.11. The van der Waals surface area contributed by atoms with Gasteiger partial charge in [-0.2, -0.15) is 0 Å². The van der Waals surface area contributed by atoms with E-state index in [4.69, 9.17) is 0 Å². The Morgan fingerprint density at radius 3 is 1.70 bits per heavy atom. The third-order valence-electron chi connectivity index (χ3n) is 4.33. The lowest BCUT2D eigenvalue weighted by atomic mass is 10.1. The van der Waals surface area contributed by atoms with Gasteiger partial charge in [0.25, 0.3) is 0 Å². The maximum absolute atomic E-state index is 11.4. The molecule has 0 aliphatic rings. The van der Waals surface area contributed by atoms with Crippen LogP contribution in [0.15, 0.2) is 35.0 Å². The van der Waals surface area contributed by atoms with E-state index >= 15 is 0 Å². The van der Waals surface area contributed by atoms with Crippen molar-refractivity contribution in [1.82, 2.24) is 0 Å². The van der Waals surface area contributed by atoms with Crippen LogP contribution in [0.5, 0.6) is 0 Å². The quantitative estimate of drug-likeness (QED) is 0.348. The van der Waals surface area contributed by atoms with Gasteiger partial charge in [-0.15, -0.1) is 22.7 Å². The Morgan fingerprint density at radius 1 is 0.783 bits per heavy atom. The summed E-state index contributed by atoms with van der Waals surface area (Å²) >= 11 is 3.43. The predicted molar refractivity (Wildman–Crippen MR) is 109 cm³/mol. The molecule has 1 N–H and O–H groups in total. The van der Waals surface area contributed by atoms with Crippen LogP contribution in [0.4, 0.5) is 0 Å². The highest BCUT2D eigenvalue weighted by atomic mass is 32.1. The standard InChI is InChI=1S/C19H30OPS2/c1-2-3-4-5-6-7-8-9-10-15-21(20,18-13-11-16-22-18)19-14-12-17-23-19/h11-14,16-17,20H,2-10,15H2,1H3/q+1. The number of thiophene rings is 2. The van der Waals surface area contributed by atoms with Crippen LogP contribution in [0.3, 0.4) is 0 Å². The Morgan fingerprint density at radius 2 is 1.26 bits per heavy atom. The molecule has 0 radical (unpaired) electrons. The summed E-state index contributed by atoms with van der Waals surface area (Å²) in [6.07, 6.45) is 12.9. The lowest BCUT2D eigenvalue weighted by Crippen LogP contribution is -2.20. The monoisotopic (exact) mass is 369 g/mol. The molecule has 2 heterocycles. The molecule has 128 valence electrons. The normalized spacial score (nSPS) is 11.9. The molecule has 0 atom stereocenters. The van der Waals surface area contributed by atoms with E-state index in [1.165, 1.54) is 60.6 Å². The fourth-order valence-electron chi connectivity index (χ4n) is 2.94. The Kier molecular flexibility index (Phi) is 8.82. The van der Waals surface area contributed by atoms with Crippen molar-refractivity contribution in [2.45, 2.75) is 64.7 Å². The van der Waals surface area contributed by atoms with Crippen molar-refractivity contribution in [3.63, 3.8) is 0 Å². The van der Waals surface area contributed by atoms with Crippen LogP contribution in [-0.4, -0.2) is 11.1 Å². The van der Waals surface area contributed by atoms with E-state index in [9.17, 15) is 4.89 Å². The van der Waals surface area contributed by atoms with E-state index in [0.29, 0.717) is 0 Å². The van der Waals surface area contributed by atoms with Crippen LogP contribution in [-0.2, 0) is 0 Å². The molecular formula is C19H30OPS2+. The third kappa shape index (κ3) is 5.98. The molecule has 2 rings (SSSR count). The summed E-state index contributed by atoms with van der Waals surface area (Å²) in [6.45, 7) is 2.27. The summed E-state index contributed by atoms with van der Waals surface area (Å²) < 4.78 is 2.39. The van der Waals surface area contributed by atoms with Crippen molar-refractivity contribution in [3.8, 4) is 0 Å². The van der Waals surface area contributed by atoms with E-state index in [1.54, 1.807) is 22.7 Å². The summed E-state index contributed by atoms with van der Waals surface area (Å²) in [5.74, 6) is 0. The van der Waals surface area contributed by atoms with E-state index in [0.717, 1.165) is 12.6 Å². The zero-order valence-electron chi connectivity index (χ0n) is 14.2. The Labute approximate surface area is 150 Å². The van der Waals surface area contributed by atoms with Crippen LogP contribution >= 0.6 is 30.2 Å². The van der Waals surface area contributed by atoms with Gasteiger partial charge in [0, 0.05) is 0 Å². The molecule has 0 bridgehead atoms. The summed E-state index contributed by atoms with van der Waals surface area (Å²) in [7, 11) is -2.11. The van der Waals surface area contributed by atoms with E-state index in [-0.39, 0.29) is 0 Å². The van der Waals surface area contributed by atoms with Crippen molar-refractivity contribution in [2.24, 2.45) is 0 Å². The maximum atomic E-state index is 11.4. The lowest BCUT2D eigenvalue weighted by molar-refractivity contribution is 0.568. The van der Waals surface area contributed by atoms with Crippen LogP contribution < -0.4 is 9.24 Å². The topological polar surface area (TPSA) is 20.2 Å². The van der Waals surface area contributed by atoms with E-state index in [1.807, 2.05) is 0 Å². The Bertz CT molecular complexity index is 473. The van der Waals surface area contributed by atoms with Crippen molar-refractivity contribution < 1.29 is 4.89 Å². The van der Waals surface area contributed by atoms with Crippen LogP contribution in [0.1, 0.15) is 64.7 Å². The van der Waals surface area contributed by atoms with Crippen molar-refractivity contribution in [3.05, 3.63) is 35.0 Å².